The highest BCUT2D eigenvalue weighted by Crippen LogP contribution is 2.27. The van der Waals surface area contributed by atoms with Crippen molar-refractivity contribution in [3.05, 3.63) is 0 Å². The van der Waals surface area contributed by atoms with Gasteiger partial charge < -0.3 is 11.5 Å². The van der Waals surface area contributed by atoms with Crippen LogP contribution in [0.5, 0.6) is 0 Å². The molecule has 5 heteroatoms. The highest BCUT2D eigenvalue weighted by Gasteiger charge is 2.19. The van der Waals surface area contributed by atoms with Crippen molar-refractivity contribution in [1.82, 2.24) is 5.32 Å². The Morgan fingerprint density at radius 2 is 1.93 bits per heavy atom. The molecule has 0 heterocycles. The molecule has 1 aliphatic rings. The molecule has 0 aromatic heterocycles. The molecule has 1 saturated carbocycles. The van der Waals surface area contributed by atoms with Gasteiger partial charge in [0.15, 0.2) is 11.9 Å². The maximum atomic E-state index is 7.01. The van der Waals surface area contributed by atoms with E-state index in [0.717, 1.165) is 18.8 Å². The minimum absolute atomic E-state index is 0.154. The van der Waals surface area contributed by atoms with E-state index in [-0.39, 0.29) is 11.9 Å². The van der Waals surface area contributed by atoms with Crippen LogP contribution in [0, 0.1) is 11.3 Å². The summed E-state index contributed by atoms with van der Waals surface area (Å²) in [6.45, 7) is 2.24. The van der Waals surface area contributed by atoms with Gasteiger partial charge >= 0.3 is 0 Å². The topological polar surface area (TPSA) is 100 Å². The highest BCUT2D eigenvalue weighted by atomic mass is 15.2. The molecule has 0 aromatic rings. The maximum absolute atomic E-state index is 7.01. The predicted molar refractivity (Wildman–Crippen MR) is 62.7 cm³/mol. The van der Waals surface area contributed by atoms with Crippen LogP contribution in [0.3, 0.4) is 0 Å². The van der Waals surface area contributed by atoms with E-state index in [4.69, 9.17) is 16.9 Å². The Hall–Kier alpha value is -1.26. The van der Waals surface area contributed by atoms with Gasteiger partial charge in [0.2, 0.25) is 0 Å². The third kappa shape index (κ3) is 4.18. The van der Waals surface area contributed by atoms with Crippen molar-refractivity contribution in [2.75, 3.05) is 0 Å². The van der Waals surface area contributed by atoms with Gasteiger partial charge in [-0.2, -0.15) is 0 Å². The van der Waals surface area contributed by atoms with Crippen molar-refractivity contribution < 1.29 is 0 Å². The van der Waals surface area contributed by atoms with E-state index >= 15 is 0 Å². The number of guanidine groups is 2. The van der Waals surface area contributed by atoms with Gasteiger partial charge in [-0.05, 0) is 31.6 Å². The number of hydrogen-bond acceptors (Lipinski definition) is 2. The zero-order valence-corrected chi connectivity index (χ0v) is 9.29. The van der Waals surface area contributed by atoms with E-state index < -0.39 is 0 Å². The molecular formula is C10H21N5. The summed E-state index contributed by atoms with van der Waals surface area (Å²) in [5, 5.41) is 9.51. The van der Waals surface area contributed by atoms with Crippen LogP contribution in [0.4, 0.5) is 0 Å². The number of nitrogens with zero attached hydrogens (tertiary/aromatic N) is 1. The first-order valence-electron chi connectivity index (χ1n) is 5.56. The fourth-order valence-corrected chi connectivity index (χ4v) is 2.05. The molecule has 0 spiro atoms. The Bertz CT molecular complexity index is 240. The van der Waals surface area contributed by atoms with Crippen LogP contribution in [0.1, 0.15) is 39.0 Å². The van der Waals surface area contributed by atoms with Gasteiger partial charge in [0.25, 0.3) is 0 Å². The summed E-state index contributed by atoms with van der Waals surface area (Å²) in [4.78, 5) is 4.31. The summed E-state index contributed by atoms with van der Waals surface area (Å²) < 4.78 is 0. The summed E-state index contributed by atoms with van der Waals surface area (Å²) in [6.07, 6.45) is 5.92. The zero-order chi connectivity index (χ0) is 11.3. The lowest BCUT2D eigenvalue weighted by Crippen LogP contribution is -2.41. The Kier molecular flexibility index (Phi) is 4.39. The molecule has 1 aliphatic carbocycles. The van der Waals surface area contributed by atoms with Gasteiger partial charge in [-0.25, -0.2) is 4.99 Å². The van der Waals surface area contributed by atoms with Crippen LogP contribution in [0.2, 0.25) is 0 Å². The average molecular weight is 211 g/mol. The first-order valence-corrected chi connectivity index (χ1v) is 5.56. The maximum Gasteiger partial charge on any atom is 0.195 e. The molecule has 0 saturated heterocycles. The van der Waals surface area contributed by atoms with Crippen molar-refractivity contribution in [2.24, 2.45) is 22.4 Å². The molecule has 0 amide bonds. The van der Waals surface area contributed by atoms with Crippen LogP contribution in [-0.4, -0.2) is 18.0 Å². The SMILES string of the molecule is CCC1CCC(N=C(N)NC(=N)N)CC1. The second-order valence-corrected chi connectivity index (χ2v) is 4.14. The Balaban J connectivity index is 2.37. The number of aliphatic imine (C=N–C) groups is 1. The molecule has 1 rings (SSSR count). The number of nitrogens with two attached hydrogens (primary N) is 2. The van der Waals surface area contributed by atoms with Crippen molar-refractivity contribution in [1.29, 1.82) is 5.41 Å². The van der Waals surface area contributed by atoms with E-state index in [1.807, 2.05) is 0 Å². The minimum atomic E-state index is -0.154. The van der Waals surface area contributed by atoms with Crippen LogP contribution >= 0.6 is 0 Å². The van der Waals surface area contributed by atoms with Crippen LogP contribution in [-0.2, 0) is 0 Å². The minimum Gasteiger partial charge on any atom is -0.370 e. The molecule has 0 aliphatic heterocycles. The van der Waals surface area contributed by atoms with Crippen LogP contribution in [0.25, 0.3) is 0 Å². The fourth-order valence-electron chi connectivity index (χ4n) is 2.05. The van der Waals surface area contributed by atoms with Crippen LogP contribution < -0.4 is 16.8 Å². The predicted octanol–water partition coefficient (Wildman–Crippen LogP) is 0.753. The lowest BCUT2D eigenvalue weighted by Gasteiger charge is -2.25. The number of nitrogens with one attached hydrogen (secondary N) is 2. The monoisotopic (exact) mass is 211 g/mol. The van der Waals surface area contributed by atoms with E-state index in [1.54, 1.807) is 0 Å². The summed E-state index contributed by atoms with van der Waals surface area (Å²) in [5.74, 6) is 0.972. The van der Waals surface area contributed by atoms with E-state index in [9.17, 15) is 0 Å². The number of hydrogen-bond donors (Lipinski definition) is 4. The fraction of sp³-hybridized carbons (Fsp3) is 0.800. The zero-order valence-electron chi connectivity index (χ0n) is 9.29. The standard InChI is InChI=1S/C10H21N5/c1-2-7-3-5-8(6-4-7)14-10(13)15-9(11)12/h7-8H,2-6H2,1H3,(H6,11,12,13,14,15). The molecule has 5 nitrogen and oxygen atoms in total. The second-order valence-electron chi connectivity index (χ2n) is 4.14. The van der Waals surface area contributed by atoms with Crippen LogP contribution in [0.15, 0.2) is 4.99 Å². The summed E-state index contributed by atoms with van der Waals surface area (Å²) in [7, 11) is 0. The molecule has 6 N–H and O–H groups in total. The summed E-state index contributed by atoms with van der Waals surface area (Å²) in [6, 6.07) is 0.305. The average Bonchev–Trinajstić information content (AvgIpc) is 2.17. The van der Waals surface area contributed by atoms with Crippen molar-refractivity contribution in [3.63, 3.8) is 0 Å². The molecule has 86 valence electrons. The van der Waals surface area contributed by atoms with Gasteiger partial charge in [-0.3, -0.25) is 10.7 Å². The molecule has 0 unspecified atom stereocenters. The van der Waals surface area contributed by atoms with E-state index in [2.05, 4.69) is 17.2 Å². The van der Waals surface area contributed by atoms with Gasteiger partial charge in [0.05, 0.1) is 6.04 Å². The van der Waals surface area contributed by atoms with Gasteiger partial charge in [-0.15, -0.1) is 0 Å². The first kappa shape index (κ1) is 11.8. The lowest BCUT2D eigenvalue weighted by molar-refractivity contribution is 0.320. The van der Waals surface area contributed by atoms with Crippen molar-refractivity contribution >= 4 is 11.9 Å². The molecule has 1 fully saturated rings. The quantitative estimate of drug-likeness (QED) is 0.400. The molecular weight excluding hydrogens is 190 g/mol. The van der Waals surface area contributed by atoms with Gasteiger partial charge in [0.1, 0.15) is 0 Å². The lowest BCUT2D eigenvalue weighted by atomic mass is 9.85. The third-order valence-electron chi connectivity index (χ3n) is 2.98. The molecule has 0 atom stereocenters. The molecule has 0 aromatic carbocycles. The molecule has 15 heavy (non-hydrogen) atoms. The van der Waals surface area contributed by atoms with E-state index in [1.165, 1.54) is 19.3 Å². The summed E-state index contributed by atoms with van der Waals surface area (Å²) >= 11 is 0. The van der Waals surface area contributed by atoms with E-state index in [0.29, 0.717) is 6.04 Å². The largest absolute Gasteiger partial charge is 0.370 e. The first-order chi connectivity index (χ1) is 7.11. The second kappa shape index (κ2) is 5.58. The third-order valence-corrected chi connectivity index (χ3v) is 2.98. The molecule has 0 radical (unpaired) electrons. The van der Waals surface area contributed by atoms with Crippen molar-refractivity contribution in [2.45, 2.75) is 45.1 Å². The Morgan fingerprint density at radius 3 is 2.40 bits per heavy atom. The Morgan fingerprint density at radius 1 is 1.33 bits per heavy atom. The smallest absolute Gasteiger partial charge is 0.195 e. The molecule has 0 bridgehead atoms. The summed E-state index contributed by atoms with van der Waals surface area (Å²) in [5.41, 5.74) is 10.7. The normalized spacial score (nSPS) is 27.4. The highest BCUT2D eigenvalue weighted by molar-refractivity contribution is 5.95. The van der Waals surface area contributed by atoms with Gasteiger partial charge in [-0.1, -0.05) is 13.3 Å². The Labute approximate surface area is 90.8 Å². The van der Waals surface area contributed by atoms with Crippen molar-refractivity contribution in [3.8, 4) is 0 Å². The van der Waals surface area contributed by atoms with Gasteiger partial charge in [0, 0.05) is 0 Å². The number of rotatable bonds is 2.